The van der Waals surface area contributed by atoms with Gasteiger partial charge < -0.3 is 5.73 Å². The minimum Gasteiger partial charge on any atom is -0.327 e. The lowest BCUT2D eigenvalue weighted by Crippen LogP contribution is -2.36. The van der Waals surface area contributed by atoms with E-state index in [1.807, 2.05) is 0 Å². The Bertz CT molecular complexity index is 544. The zero-order chi connectivity index (χ0) is 17.8. The van der Waals surface area contributed by atoms with Crippen LogP contribution in [-0.4, -0.2) is 6.54 Å². The first-order valence-corrected chi connectivity index (χ1v) is 8.75. The quantitative estimate of drug-likeness (QED) is 0.465. The van der Waals surface area contributed by atoms with Crippen molar-refractivity contribution in [3.8, 4) is 0 Å². The second kappa shape index (κ2) is 7.97. The van der Waals surface area contributed by atoms with Crippen LogP contribution in [0.25, 0.3) is 0 Å². The third-order valence-corrected chi connectivity index (χ3v) is 5.46. The molecule has 3 unspecified atom stereocenters. The van der Waals surface area contributed by atoms with Crippen LogP contribution < -0.4 is 5.73 Å². The van der Waals surface area contributed by atoms with E-state index < -0.39 is 0 Å². The molecule has 128 valence electrons. The van der Waals surface area contributed by atoms with E-state index in [9.17, 15) is 0 Å². The van der Waals surface area contributed by atoms with Gasteiger partial charge in [-0.2, -0.15) is 0 Å². The maximum Gasteiger partial charge on any atom is 0.0145 e. The second-order valence-corrected chi connectivity index (χ2v) is 7.62. The SMILES string of the molecule is C=CC(C(C)C)C1(C)CC=C(C(C)/C=C(\C)C(=C)C)C=C1CN. The van der Waals surface area contributed by atoms with Crippen molar-refractivity contribution in [3.63, 3.8) is 0 Å². The van der Waals surface area contributed by atoms with Crippen LogP contribution in [0.4, 0.5) is 0 Å². The summed E-state index contributed by atoms with van der Waals surface area (Å²) in [7, 11) is 0. The molecule has 0 saturated carbocycles. The Kier molecular flexibility index (Phi) is 6.83. The molecule has 0 spiro atoms. The fourth-order valence-electron chi connectivity index (χ4n) is 3.73. The van der Waals surface area contributed by atoms with Gasteiger partial charge in [-0.05, 0) is 54.6 Å². The average molecular weight is 314 g/mol. The molecular weight excluding hydrogens is 278 g/mol. The number of hydrogen-bond donors (Lipinski definition) is 1. The zero-order valence-corrected chi connectivity index (χ0v) is 15.9. The maximum absolute atomic E-state index is 6.12. The normalized spacial score (nSPS) is 24.8. The first kappa shape index (κ1) is 19.7. The lowest BCUT2D eigenvalue weighted by molar-refractivity contribution is 0.223. The van der Waals surface area contributed by atoms with Crippen LogP contribution >= 0.6 is 0 Å². The molecule has 0 aliphatic heterocycles. The van der Waals surface area contributed by atoms with Crippen molar-refractivity contribution in [3.05, 3.63) is 59.8 Å². The summed E-state index contributed by atoms with van der Waals surface area (Å²) in [6, 6.07) is 0. The van der Waals surface area contributed by atoms with Crippen molar-refractivity contribution in [2.75, 3.05) is 6.54 Å². The van der Waals surface area contributed by atoms with Gasteiger partial charge in [-0.15, -0.1) is 6.58 Å². The Hall–Kier alpha value is -1.34. The molecule has 0 aromatic carbocycles. The highest BCUT2D eigenvalue weighted by molar-refractivity contribution is 5.39. The molecule has 3 atom stereocenters. The lowest BCUT2D eigenvalue weighted by atomic mass is 9.62. The van der Waals surface area contributed by atoms with Crippen LogP contribution in [-0.2, 0) is 0 Å². The topological polar surface area (TPSA) is 26.0 Å². The predicted molar refractivity (Wildman–Crippen MR) is 104 cm³/mol. The average Bonchev–Trinajstić information content (AvgIpc) is 2.47. The summed E-state index contributed by atoms with van der Waals surface area (Å²) in [5.41, 5.74) is 11.3. The minimum atomic E-state index is 0.0843. The van der Waals surface area contributed by atoms with Gasteiger partial charge in [0.2, 0.25) is 0 Å². The van der Waals surface area contributed by atoms with Crippen LogP contribution in [0.5, 0.6) is 0 Å². The molecule has 0 aromatic heterocycles. The summed E-state index contributed by atoms with van der Waals surface area (Å²) >= 11 is 0. The van der Waals surface area contributed by atoms with E-state index in [1.165, 1.54) is 16.7 Å². The Morgan fingerprint density at radius 1 is 1.35 bits per heavy atom. The van der Waals surface area contributed by atoms with E-state index in [0.717, 1.165) is 12.0 Å². The van der Waals surface area contributed by atoms with Crippen LogP contribution in [0.3, 0.4) is 0 Å². The van der Waals surface area contributed by atoms with Gasteiger partial charge in [0.05, 0.1) is 0 Å². The van der Waals surface area contributed by atoms with Crippen molar-refractivity contribution in [1.29, 1.82) is 0 Å². The van der Waals surface area contributed by atoms with Gasteiger partial charge in [-0.1, -0.05) is 69.7 Å². The van der Waals surface area contributed by atoms with Gasteiger partial charge in [-0.25, -0.2) is 0 Å². The first-order chi connectivity index (χ1) is 10.7. The Labute approximate surface area is 143 Å². The molecule has 1 rings (SSSR count). The van der Waals surface area contributed by atoms with E-state index in [4.69, 9.17) is 5.73 Å². The van der Waals surface area contributed by atoms with E-state index >= 15 is 0 Å². The molecule has 0 saturated heterocycles. The molecule has 0 radical (unpaired) electrons. The van der Waals surface area contributed by atoms with Gasteiger partial charge in [-0.3, -0.25) is 0 Å². The summed E-state index contributed by atoms with van der Waals surface area (Å²) in [6.07, 6.45) is 10.2. The summed E-state index contributed by atoms with van der Waals surface area (Å²) in [4.78, 5) is 0. The molecule has 0 amide bonds. The van der Waals surface area contributed by atoms with Crippen LogP contribution in [0.1, 0.15) is 48.0 Å². The molecule has 0 bridgehead atoms. The van der Waals surface area contributed by atoms with Gasteiger partial charge in [0, 0.05) is 6.54 Å². The molecule has 23 heavy (non-hydrogen) atoms. The van der Waals surface area contributed by atoms with Gasteiger partial charge >= 0.3 is 0 Å². The number of hydrogen-bond acceptors (Lipinski definition) is 1. The van der Waals surface area contributed by atoms with Gasteiger partial charge in [0.25, 0.3) is 0 Å². The monoisotopic (exact) mass is 313 g/mol. The summed E-state index contributed by atoms with van der Waals surface area (Å²) < 4.78 is 0. The summed E-state index contributed by atoms with van der Waals surface area (Å²) in [5, 5.41) is 0. The van der Waals surface area contributed by atoms with E-state index in [1.54, 1.807) is 0 Å². The van der Waals surface area contributed by atoms with Crippen molar-refractivity contribution >= 4 is 0 Å². The highest BCUT2D eigenvalue weighted by Crippen LogP contribution is 2.46. The van der Waals surface area contributed by atoms with E-state index in [0.29, 0.717) is 24.3 Å². The predicted octanol–water partition coefficient (Wildman–Crippen LogP) is 5.82. The minimum absolute atomic E-state index is 0.0843. The standard InChI is InChI=1S/C22H35N/c1-9-21(16(4)5)22(8)11-10-19(13-20(22)14-23)18(7)12-17(6)15(2)3/h9-10,12-13,16,18,21H,1-2,11,14,23H2,3-8H3/b17-12+. The van der Waals surface area contributed by atoms with Crippen molar-refractivity contribution in [2.45, 2.75) is 48.0 Å². The maximum atomic E-state index is 6.12. The molecular formula is C22H35N. The summed E-state index contributed by atoms with van der Waals surface area (Å²) in [5.74, 6) is 1.39. The molecule has 1 nitrogen and oxygen atoms in total. The molecule has 0 fully saturated rings. The molecule has 1 aliphatic carbocycles. The summed E-state index contributed by atoms with van der Waals surface area (Å²) in [6.45, 7) is 22.0. The Morgan fingerprint density at radius 3 is 2.39 bits per heavy atom. The Balaban J connectivity index is 3.14. The van der Waals surface area contributed by atoms with Crippen LogP contribution in [0.2, 0.25) is 0 Å². The van der Waals surface area contributed by atoms with Crippen LogP contribution in [0, 0.1) is 23.2 Å². The molecule has 1 aliphatic rings. The van der Waals surface area contributed by atoms with E-state index in [-0.39, 0.29) is 5.41 Å². The van der Waals surface area contributed by atoms with Gasteiger partial charge in [0.1, 0.15) is 0 Å². The van der Waals surface area contributed by atoms with Crippen molar-refractivity contribution in [2.24, 2.45) is 28.9 Å². The number of nitrogens with two attached hydrogens (primary N) is 1. The highest BCUT2D eigenvalue weighted by Gasteiger charge is 2.38. The molecule has 2 N–H and O–H groups in total. The molecule has 1 heteroatoms. The molecule has 0 aromatic rings. The fourth-order valence-corrected chi connectivity index (χ4v) is 3.73. The molecule has 0 heterocycles. The van der Waals surface area contributed by atoms with Crippen molar-refractivity contribution in [1.82, 2.24) is 0 Å². The van der Waals surface area contributed by atoms with Crippen molar-refractivity contribution < 1.29 is 0 Å². The lowest BCUT2D eigenvalue weighted by Gasteiger charge is -2.42. The zero-order valence-electron chi connectivity index (χ0n) is 15.9. The number of rotatable bonds is 7. The number of allylic oxidation sites excluding steroid dienone is 7. The Morgan fingerprint density at radius 2 is 1.96 bits per heavy atom. The smallest absolute Gasteiger partial charge is 0.0145 e. The third-order valence-electron chi connectivity index (χ3n) is 5.46. The van der Waals surface area contributed by atoms with Crippen LogP contribution in [0.15, 0.2) is 59.8 Å². The second-order valence-electron chi connectivity index (χ2n) is 7.62. The highest BCUT2D eigenvalue weighted by atomic mass is 14.6. The van der Waals surface area contributed by atoms with Gasteiger partial charge in [0.15, 0.2) is 0 Å². The fraction of sp³-hybridized carbons (Fsp3) is 0.545. The largest absolute Gasteiger partial charge is 0.327 e. The van der Waals surface area contributed by atoms with E-state index in [2.05, 4.69) is 79.0 Å². The first-order valence-electron chi connectivity index (χ1n) is 8.75. The third kappa shape index (κ3) is 4.35.